The Bertz CT molecular complexity index is 353. The molecule has 0 fully saturated rings. The largest absolute Gasteiger partial charge is 0.394 e. The number of hydrogen-bond acceptors (Lipinski definition) is 4. The molecule has 6 heteroatoms. The molecule has 6 N–H and O–H groups in total. The summed E-state index contributed by atoms with van der Waals surface area (Å²) in [7, 11) is 0. The van der Waals surface area contributed by atoms with Gasteiger partial charge in [0.15, 0.2) is 0 Å². The predicted octanol–water partition coefficient (Wildman–Crippen LogP) is -0.380. The third-order valence-electron chi connectivity index (χ3n) is 2.17. The first-order valence-electron chi connectivity index (χ1n) is 5.27. The fourth-order valence-corrected chi connectivity index (χ4v) is 1.23. The summed E-state index contributed by atoms with van der Waals surface area (Å²) in [6, 6.07) is 6.76. The second-order valence-electron chi connectivity index (χ2n) is 3.63. The zero-order chi connectivity index (χ0) is 12.7. The maximum absolute atomic E-state index is 10.5. The van der Waals surface area contributed by atoms with Gasteiger partial charge in [0.25, 0.3) is 0 Å². The first kappa shape index (κ1) is 13.3. The molecule has 0 aromatic heterocycles. The van der Waals surface area contributed by atoms with Crippen molar-refractivity contribution < 1.29 is 15.0 Å². The van der Waals surface area contributed by atoms with Crippen molar-refractivity contribution in [2.24, 2.45) is 5.73 Å². The average molecular weight is 239 g/mol. The Hall–Kier alpha value is -1.79. The van der Waals surface area contributed by atoms with E-state index in [0.29, 0.717) is 6.54 Å². The van der Waals surface area contributed by atoms with E-state index < -0.39 is 12.1 Å². The van der Waals surface area contributed by atoms with Crippen LogP contribution >= 0.6 is 0 Å². The second-order valence-corrected chi connectivity index (χ2v) is 3.63. The van der Waals surface area contributed by atoms with Crippen LogP contribution in [0.15, 0.2) is 24.3 Å². The molecule has 0 radical (unpaired) electrons. The Balaban J connectivity index is 2.41. The Morgan fingerprint density at radius 2 is 2.00 bits per heavy atom. The van der Waals surface area contributed by atoms with Crippen molar-refractivity contribution in [2.75, 3.05) is 18.5 Å². The Kier molecular flexibility index (Phi) is 5.25. The highest BCUT2D eigenvalue weighted by molar-refractivity contribution is 5.71. The molecule has 0 aliphatic rings. The molecule has 6 nitrogen and oxygen atoms in total. The number of nitrogens with two attached hydrogens (primary N) is 1. The van der Waals surface area contributed by atoms with E-state index in [-0.39, 0.29) is 13.2 Å². The van der Waals surface area contributed by atoms with Crippen molar-refractivity contribution in [1.82, 2.24) is 5.32 Å². The molecule has 0 bridgehead atoms. The predicted molar refractivity (Wildman–Crippen MR) is 64.4 cm³/mol. The van der Waals surface area contributed by atoms with Gasteiger partial charge < -0.3 is 26.6 Å². The molecule has 1 atom stereocenters. The van der Waals surface area contributed by atoms with E-state index in [4.69, 9.17) is 15.9 Å². The lowest BCUT2D eigenvalue weighted by Gasteiger charge is -2.10. The molecule has 1 unspecified atom stereocenters. The van der Waals surface area contributed by atoms with Gasteiger partial charge in [-0.15, -0.1) is 0 Å². The summed E-state index contributed by atoms with van der Waals surface area (Å²) in [6.45, 7) is 0.401. The van der Waals surface area contributed by atoms with Gasteiger partial charge in [0.2, 0.25) is 0 Å². The normalized spacial score (nSPS) is 11.9. The molecule has 2 amide bonds. The highest BCUT2D eigenvalue weighted by atomic mass is 16.3. The van der Waals surface area contributed by atoms with Gasteiger partial charge in [-0.2, -0.15) is 0 Å². The fourth-order valence-electron chi connectivity index (χ4n) is 1.23. The lowest BCUT2D eigenvalue weighted by molar-refractivity contribution is 0.105. The molecule has 0 spiro atoms. The number of aliphatic hydroxyl groups excluding tert-OH is 2. The molecule has 0 saturated carbocycles. The Labute approximate surface area is 99.4 Å². The van der Waals surface area contributed by atoms with E-state index >= 15 is 0 Å². The van der Waals surface area contributed by atoms with Crippen molar-refractivity contribution in [3.05, 3.63) is 29.8 Å². The summed E-state index contributed by atoms with van der Waals surface area (Å²) in [5.74, 6) is 0. The molecule has 0 heterocycles. The molecule has 1 aromatic rings. The zero-order valence-electron chi connectivity index (χ0n) is 9.39. The van der Waals surface area contributed by atoms with E-state index in [1.54, 1.807) is 0 Å². The van der Waals surface area contributed by atoms with Gasteiger partial charge in [0, 0.05) is 18.8 Å². The number of primary amides is 1. The number of benzene rings is 1. The van der Waals surface area contributed by atoms with E-state index in [1.807, 2.05) is 24.3 Å². The van der Waals surface area contributed by atoms with Crippen molar-refractivity contribution in [3.63, 3.8) is 0 Å². The molecule has 94 valence electrons. The summed E-state index contributed by atoms with van der Waals surface area (Å²) < 4.78 is 0. The highest BCUT2D eigenvalue weighted by Gasteiger charge is 2.01. The lowest BCUT2D eigenvalue weighted by atomic mass is 10.2. The van der Waals surface area contributed by atoms with E-state index in [0.717, 1.165) is 11.3 Å². The van der Waals surface area contributed by atoms with Gasteiger partial charge >= 0.3 is 6.03 Å². The van der Waals surface area contributed by atoms with Crippen LogP contribution in [0.5, 0.6) is 0 Å². The number of urea groups is 1. The summed E-state index contributed by atoms with van der Waals surface area (Å²) in [6.07, 6.45) is -0.772. The smallest absolute Gasteiger partial charge is 0.312 e. The molecule has 0 aliphatic heterocycles. The minimum absolute atomic E-state index is 0.270. The van der Waals surface area contributed by atoms with Crippen molar-refractivity contribution >= 4 is 11.7 Å². The van der Waals surface area contributed by atoms with E-state index in [2.05, 4.69) is 10.6 Å². The first-order chi connectivity index (χ1) is 8.11. The van der Waals surface area contributed by atoms with Gasteiger partial charge in [-0.1, -0.05) is 12.1 Å². The van der Waals surface area contributed by atoms with Crippen LogP contribution < -0.4 is 16.4 Å². The van der Waals surface area contributed by atoms with Crippen LogP contribution in [0.25, 0.3) is 0 Å². The minimum atomic E-state index is -0.772. The summed E-state index contributed by atoms with van der Waals surface area (Å²) >= 11 is 0. The van der Waals surface area contributed by atoms with Gasteiger partial charge in [-0.25, -0.2) is 4.79 Å². The van der Waals surface area contributed by atoms with Crippen LogP contribution in [0.3, 0.4) is 0 Å². The van der Waals surface area contributed by atoms with Crippen LogP contribution in [0, 0.1) is 0 Å². The average Bonchev–Trinajstić information content (AvgIpc) is 2.34. The molecule has 0 aliphatic carbocycles. The summed E-state index contributed by atoms with van der Waals surface area (Å²) in [4.78, 5) is 10.5. The molecule has 1 aromatic carbocycles. The van der Waals surface area contributed by atoms with Crippen LogP contribution in [0.4, 0.5) is 10.5 Å². The third kappa shape index (κ3) is 5.19. The number of amides is 2. The standard InChI is InChI=1S/C11H17N3O3/c12-11(17)14-5-8-1-3-9(4-2-8)13-6-10(16)7-15/h1-4,10,13,15-16H,5-7H2,(H3,12,14,17). The third-order valence-corrected chi connectivity index (χ3v) is 2.17. The summed E-state index contributed by atoms with van der Waals surface area (Å²) in [5.41, 5.74) is 6.71. The van der Waals surface area contributed by atoms with E-state index in [9.17, 15) is 4.79 Å². The Morgan fingerprint density at radius 1 is 1.35 bits per heavy atom. The molecule has 17 heavy (non-hydrogen) atoms. The van der Waals surface area contributed by atoms with Gasteiger partial charge in [0.05, 0.1) is 12.7 Å². The number of nitrogens with one attached hydrogen (secondary N) is 2. The van der Waals surface area contributed by atoms with Crippen LogP contribution in [-0.4, -0.2) is 35.5 Å². The van der Waals surface area contributed by atoms with Crippen molar-refractivity contribution in [3.8, 4) is 0 Å². The van der Waals surface area contributed by atoms with Gasteiger partial charge in [0.1, 0.15) is 0 Å². The fraction of sp³-hybridized carbons (Fsp3) is 0.364. The van der Waals surface area contributed by atoms with Gasteiger partial charge in [-0.3, -0.25) is 0 Å². The molecule has 0 saturated heterocycles. The molecular weight excluding hydrogens is 222 g/mol. The topological polar surface area (TPSA) is 108 Å². The lowest BCUT2D eigenvalue weighted by Crippen LogP contribution is -2.28. The molecule has 1 rings (SSSR count). The Morgan fingerprint density at radius 3 is 2.53 bits per heavy atom. The highest BCUT2D eigenvalue weighted by Crippen LogP contribution is 2.09. The number of rotatable bonds is 6. The number of anilines is 1. The number of carbonyl (C=O) groups excluding carboxylic acids is 1. The molecular formula is C11H17N3O3. The monoisotopic (exact) mass is 239 g/mol. The first-order valence-corrected chi connectivity index (χ1v) is 5.27. The quantitative estimate of drug-likeness (QED) is 0.466. The second kappa shape index (κ2) is 6.72. The van der Waals surface area contributed by atoms with Crippen molar-refractivity contribution in [2.45, 2.75) is 12.6 Å². The maximum Gasteiger partial charge on any atom is 0.312 e. The number of carbonyl (C=O) groups is 1. The SMILES string of the molecule is NC(=O)NCc1ccc(NCC(O)CO)cc1. The van der Waals surface area contributed by atoms with Crippen LogP contribution in [0.1, 0.15) is 5.56 Å². The maximum atomic E-state index is 10.5. The van der Waals surface area contributed by atoms with Crippen LogP contribution in [0.2, 0.25) is 0 Å². The number of hydrogen-bond donors (Lipinski definition) is 5. The van der Waals surface area contributed by atoms with Gasteiger partial charge in [-0.05, 0) is 17.7 Å². The summed E-state index contributed by atoms with van der Waals surface area (Å²) in [5, 5.41) is 23.2. The number of aliphatic hydroxyl groups is 2. The van der Waals surface area contributed by atoms with Crippen LogP contribution in [-0.2, 0) is 6.54 Å². The van der Waals surface area contributed by atoms with Crippen molar-refractivity contribution in [1.29, 1.82) is 0 Å². The van der Waals surface area contributed by atoms with E-state index in [1.165, 1.54) is 0 Å². The minimum Gasteiger partial charge on any atom is -0.394 e. The zero-order valence-corrected chi connectivity index (χ0v) is 9.39.